The second kappa shape index (κ2) is 21.6. The summed E-state index contributed by atoms with van der Waals surface area (Å²) in [7, 11) is -5.47. The molecule has 0 aliphatic heterocycles. The van der Waals surface area contributed by atoms with Gasteiger partial charge in [0.25, 0.3) is 11.3 Å². The monoisotopic (exact) mass is 1100 g/mol. The number of furan rings is 1. The van der Waals surface area contributed by atoms with Crippen LogP contribution in [0.4, 0.5) is 13.2 Å². The molecule has 0 bridgehead atoms. The van der Waals surface area contributed by atoms with Crippen LogP contribution in [0.2, 0.25) is 0 Å². The Hall–Kier alpha value is -6.19. The van der Waals surface area contributed by atoms with E-state index in [0.29, 0.717) is 16.6 Å². The molecule has 0 unspecified atom stereocenters. The van der Waals surface area contributed by atoms with Crippen molar-refractivity contribution in [3.63, 3.8) is 0 Å². The topological polar surface area (TPSA) is 107 Å². The van der Waals surface area contributed by atoms with Crippen molar-refractivity contribution in [3.8, 4) is 11.4 Å². The number of fused-ring (bicyclic) bond motifs is 4. The summed E-state index contributed by atoms with van der Waals surface area (Å²) in [5, 5.41) is 16.9. The number of hydrogen-bond acceptors (Lipinski definition) is 6. The molecule has 345 valence electrons. The molecule has 2 aromatic heterocycles. The van der Waals surface area contributed by atoms with Gasteiger partial charge in [0.05, 0.1) is 5.52 Å². The molecular weight excluding hydrogens is 1050 g/mol. The summed E-state index contributed by atoms with van der Waals surface area (Å²) >= 11 is 0. The Labute approximate surface area is 436 Å². The first-order valence-corrected chi connectivity index (χ1v) is 24.7. The standard InChI is InChI=1S/C23H12F3NO4.C18H15OP.C15H15OP.Eu/c24-23(25,26)21(29)19-20(28)15-11-18-14(13-8-4-5-9-17(13)31-18)10-16(15)27(22(19)30)12-6-2-1-3-7-12;19-20(16-10-4-1-5-11-16,17-12-6-2-7-13-17)18-14-8-3-9-15-18;1-13(2)17(16,14-9-5-3-6-10-14)15-11-7-4-8-12-15;/h1-11,28H;1-15H;3-12H,1H2,2H3;. The number of nitrogens with zero attached hydrogens (tertiary/aromatic N) is 1. The Morgan fingerprint density at radius 1 is 0.551 bits per heavy atom. The molecule has 0 atom stereocenters. The predicted molar refractivity (Wildman–Crippen MR) is 269 cm³/mol. The fraction of sp³-hybridized carbons (Fsp3) is 0.0357. The molecule has 2 heterocycles. The van der Waals surface area contributed by atoms with Gasteiger partial charge in [0, 0.05) is 97.7 Å². The summed E-state index contributed by atoms with van der Waals surface area (Å²) in [6.45, 7) is 5.75. The van der Waals surface area contributed by atoms with E-state index < -0.39 is 43.1 Å². The van der Waals surface area contributed by atoms with Crippen molar-refractivity contribution in [1.29, 1.82) is 0 Å². The normalized spacial score (nSPS) is 11.4. The maximum absolute atomic E-state index is 13.8. The average Bonchev–Trinajstić information content (AvgIpc) is 3.74. The second-order valence-electron chi connectivity index (χ2n) is 15.6. The molecule has 10 rings (SSSR count). The number of rotatable bonds is 8. The number of hydrogen-bond donors (Lipinski definition) is 1. The molecule has 1 radical (unpaired) electrons. The number of halogens is 3. The number of allylic oxidation sites excluding steroid dienone is 1. The van der Waals surface area contributed by atoms with Gasteiger partial charge in [-0.3, -0.25) is 14.2 Å². The molecule has 69 heavy (non-hydrogen) atoms. The van der Waals surface area contributed by atoms with Crippen LogP contribution in [0, 0.1) is 49.4 Å². The van der Waals surface area contributed by atoms with Crippen molar-refractivity contribution < 1.29 is 86.0 Å². The van der Waals surface area contributed by atoms with E-state index in [4.69, 9.17) is 4.42 Å². The number of carbonyl (C=O) groups is 1. The smallest absolute Gasteiger partial charge is 0.455 e. The van der Waals surface area contributed by atoms with Gasteiger partial charge < -0.3 is 18.7 Å². The maximum Gasteiger partial charge on any atom is 0.455 e. The molecular formula is C56H42EuF3NO6P2. The van der Waals surface area contributed by atoms with Gasteiger partial charge in [-0.05, 0) is 42.6 Å². The van der Waals surface area contributed by atoms with Gasteiger partial charge in [-0.15, -0.1) is 0 Å². The van der Waals surface area contributed by atoms with Crippen molar-refractivity contribution in [3.05, 3.63) is 246 Å². The number of pyridine rings is 1. The average molecular weight is 1100 g/mol. The van der Waals surface area contributed by atoms with Gasteiger partial charge in [-0.25, -0.2) is 0 Å². The number of aromatic nitrogens is 1. The van der Waals surface area contributed by atoms with Crippen LogP contribution in [0.1, 0.15) is 17.3 Å². The van der Waals surface area contributed by atoms with Crippen molar-refractivity contribution in [2.45, 2.75) is 13.1 Å². The summed E-state index contributed by atoms with van der Waals surface area (Å²) in [5.74, 6) is -3.44. The van der Waals surface area contributed by atoms with E-state index in [1.807, 2.05) is 159 Å². The molecule has 0 spiro atoms. The largest absolute Gasteiger partial charge is 0.506 e. The SMILES string of the molecule is C=C(C)P(=O)(c1ccccc1)c1ccccc1.O=C(c1c(O)c2cc3oc4ccccc4c3cc2n(-c2ccccc2)c1=O)C(F)(F)F.O=P(c1ccccc1)(c1ccccc1)c1ccccc1.[Eu]. The van der Waals surface area contributed by atoms with E-state index in [2.05, 4.69) is 6.58 Å². The van der Waals surface area contributed by atoms with Crippen LogP contribution in [0.25, 0.3) is 38.5 Å². The first-order chi connectivity index (χ1) is 32.7. The quantitative estimate of drug-likeness (QED) is 0.120. The van der Waals surface area contributed by atoms with Gasteiger partial charge in [-0.2, -0.15) is 13.2 Å². The van der Waals surface area contributed by atoms with Crippen molar-refractivity contribution in [2.75, 3.05) is 0 Å². The second-order valence-corrected chi connectivity index (χ2v) is 21.4. The molecule has 10 aromatic rings. The molecule has 0 fully saturated rings. The zero-order valence-corrected chi connectivity index (χ0v) is 41.0. The molecule has 0 amide bonds. The minimum atomic E-state index is -5.33. The van der Waals surface area contributed by atoms with Crippen molar-refractivity contribution >= 4 is 79.4 Å². The fourth-order valence-electron chi connectivity index (χ4n) is 8.00. The van der Waals surface area contributed by atoms with Gasteiger partial charge in [0.15, 0.2) is 14.3 Å². The maximum atomic E-state index is 13.8. The van der Waals surface area contributed by atoms with E-state index in [9.17, 15) is 37.0 Å². The van der Waals surface area contributed by atoms with E-state index in [1.165, 1.54) is 18.2 Å². The molecule has 0 saturated heterocycles. The third kappa shape index (κ3) is 10.3. The molecule has 8 aromatic carbocycles. The zero-order chi connectivity index (χ0) is 48.1. The third-order valence-corrected chi connectivity index (χ3v) is 17.5. The van der Waals surface area contributed by atoms with Gasteiger partial charge in [-0.1, -0.05) is 195 Å². The Morgan fingerprint density at radius 3 is 1.36 bits per heavy atom. The molecule has 7 nitrogen and oxygen atoms in total. The summed E-state index contributed by atoms with van der Waals surface area (Å²) < 4.78 is 73.4. The molecule has 1 N–H and O–H groups in total. The van der Waals surface area contributed by atoms with Crippen LogP contribution in [0.5, 0.6) is 5.75 Å². The first-order valence-electron chi connectivity index (χ1n) is 21.3. The first kappa shape index (κ1) is 50.7. The summed E-state index contributed by atoms with van der Waals surface area (Å²) in [4.78, 5) is 25.1. The minimum absolute atomic E-state index is 0. The van der Waals surface area contributed by atoms with E-state index >= 15 is 0 Å². The van der Waals surface area contributed by atoms with Crippen LogP contribution in [-0.4, -0.2) is 21.6 Å². The Kier molecular flexibility index (Phi) is 15.9. The fourth-order valence-corrected chi connectivity index (χ4v) is 13.0. The molecule has 0 aliphatic carbocycles. The van der Waals surface area contributed by atoms with Crippen molar-refractivity contribution in [2.24, 2.45) is 0 Å². The number of Topliss-reactive ketones (excluding diaryl/α,β-unsaturated/α-hetero) is 1. The Balaban J connectivity index is 0.000000161. The number of para-hydroxylation sites is 2. The van der Waals surface area contributed by atoms with Gasteiger partial charge in [0.2, 0.25) is 0 Å². The summed E-state index contributed by atoms with van der Waals surface area (Å²) in [5.41, 5.74) is -1.36. The molecule has 13 heteroatoms. The summed E-state index contributed by atoms with van der Waals surface area (Å²) in [6, 6.07) is 66.2. The third-order valence-electron chi connectivity index (χ3n) is 11.3. The van der Waals surface area contributed by atoms with Crippen LogP contribution < -0.4 is 32.1 Å². The minimum Gasteiger partial charge on any atom is -0.506 e. The summed E-state index contributed by atoms with van der Waals surface area (Å²) in [6.07, 6.45) is -5.33. The Bertz CT molecular complexity index is 3430. The number of aromatic hydroxyl groups is 1. The van der Waals surface area contributed by atoms with Crippen LogP contribution >= 0.6 is 14.3 Å². The van der Waals surface area contributed by atoms with Crippen molar-refractivity contribution in [1.82, 2.24) is 4.57 Å². The number of benzene rings is 8. The Morgan fingerprint density at radius 2 is 0.942 bits per heavy atom. The zero-order valence-electron chi connectivity index (χ0n) is 36.8. The predicted octanol–water partition coefficient (Wildman–Crippen LogP) is 12.2. The number of carbonyl (C=O) groups excluding carboxylic acids is 1. The molecule has 0 aliphatic rings. The number of alkyl halides is 3. The van der Waals surface area contributed by atoms with Crippen LogP contribution in [0.3, 0.4) is 0 Å². The van der Waals surface area contributed by atoms with Gasteiger partial charge >= 0.3 is 6.18 Å². The van der Waals surface area contributed by atoms with Crippen LogP contribution in [0.15, 0.2) is 239 Å². The van der Waals surface area contributed by atoms with E-state index in [0.717, 1.165) is 41.8 Å². The van der Waals surface area contributed by atoms with Crippen LogP contribution in [-0.2, 0) is 9.13 Å². The van der Waals surface area contributed by atoms with E-state index in [1.54, 1.807) is 48.5 Å². The number of ketones is 1. The van der Waals surface area contributed by atoms with Gasteiger partial charge in [0.1, 0.15) is 22.5 Å². The van der Waals surface area contributed by atoms with E-state index in [-0.39, 0.29) is 66.0 Å². The molecule has 0 saturated carbocycles.